The zero-order valence-electron chi connectivity index (χ0n) is 16.1. The van der Waals surface area contributed by atoms with Gasteiger partial charge in [0, 0.05) is 24.5 Å². The van der Waals surface area contributed by atoms with Gasteiger partial charge in [0.15, 0.2) is 0 Å². The van der Waals surface area contributed by atoms with Crippen molar-refractivity contribution >= 4 is 23.3 Å². The summed E-state index contributed by atoms with van der Waals surface area (Å²) in [5.41, 5.74) is 15.4. The van der Waals surface area contributed by atoms with E-state index >= 15 is 0 Å². The van der Waals surface area contributed by atoms with Gasteiger partial charge in [-0.3, -0.25) is 4.79 Å². The molecule has 148 valence electrons. The van der Waals surface area contributed by atoms with Crippen LogP contribution in [0.25, 0.3) is 0 Å². The largest absolute Gasteiger partial charge is 0.478 e. The van der Waals surface area contributed by atoms with Gasteiger partial charge in [0.05, 0.1) is 11.5 Å². The summed E-state index contributed by atoms with van der Waals surface area (Å²) in [6.07, 6.45) is 3.53. The highest BCUT2D eigenvalue weighted by Crippen LogP contribution is 2.39. The Morgan fingerprint density at radius 2 is 1.68 bits per heavy atom. The van der Waals surface area contributed by atoms with E-state index in [-0.39, 0.29) is 11.5 Å². The van der Waals surface area contributed by atoms with Gasteiger partial charge < -0.3 is 21.5 Å². The van der Waals surface area contributed by atoms with Crippen LogP contribution >= 0.6 is 0 Å². The number of benzene rings is 2. The third-order valence-electron chi connectivity index (χ3n) is 5.56. The molecule has 2 aromatic rings. The molecule has 0 radical (unpaired) electrons. The molecule has 1 saturated heterocycles. The molecule has 6 heteroatoms. The number of carboxylic acid groups (broad SMARTS) is 1. The number of anilines is 2. The standard InChI is InChI=1S/C22H27N3O3/c1-14(20(21(24)26)15-5-7-16(8-6-15)22(27)28)18-13-17(23)9-10-19(18)25-11-3-2-4-12-25/h5-10,13-14,20H,2-4,11-12,23H2,1H3,(H2,24,26)(H,27,28). The van der Waals surface area contributed by atoms with Crippen LogP contribution in [0.2, 0.25) is 0 Å². The van der Waals surface area contributed by atoms with Crippen molar-refractivity contribution in [2.45, 2.75) is 38.0 Å². The number of primary amides is 1. The van der Waals surface area contributed by atoms with Crippen molar-refractivity contribution < 1.29 is 14.7 Å². The van der Waals surface area contributed by atoms with Crippen LogP contribution in [-0.2, 0) is 4.79 Å². The fraction of sp³-hybridized carbons (Fsp3) is 0.364. The molecule has 1 amide bonds. The second-order valence-corrected chi connectivity index (χ2v) is 7.46. The molecule has 1 aliphatic rings. The third-order valence-corrected chi connectivity index (χ3v) is 5.56. The fourth-order valence-corrected chi connectivity index (χ4v) is 4.07. The van der Waals surface area contributed by atoms with E-state index in [9.17, 15) is 9.59 Å². The number of aromatic carboxylic acids is 1. The maximum Gasteiger partial charge on any atom is 0.335 e. The lowest BCUT2D eigenvalue weighted by molar-refractivity contribution is -0.119. The highest BCUT2D eigenvalue weighted by molar-refractivity contribution is 5.88. The average molecular weight is 381 g/mol. The van der Waals surface area contributed by atoms with Crippen molar-refractivity contribution in [1.82, 2.24) is 0 Å². The Balaban J connectivity index is 1.99. The smallest absolute Gasteiger partial charge is 0.335 e. The Labute approximate surface area is 165 Å². The van der Waals surface area contributed by atoms with E-state index in [0.717, 1.165) is 37.2 Å². The lowest BCUT2D eigenvalue weighted by atomic mass is 9.80. The molecule has 0 spiro atoms. The lowest BCUT2D eigenvalue weighted by Gasteiger charge is -2.33. The Morgan fingerprint density at radius 3 is 2.25 bits per heavy atom. The first-order valence-electron chi connectivity index (χ1n) is 9.65. The van der Waals surface area contributed by atoms with E-state index < -0.39 is 17.8 Å². The first kappa shape index (κ1) is 19.7. The summed E-state index contributed by atoms with van der Waals surface area (Å²) in [6, 6.07) is 12.2. The van der Waals surface area contributed by atoms with Gasteiger partial charge in [0.2, 0.25) is 5.91 Å². The zero-order valence-corrected chi connectivity index (χ0v) is 16.1. The maximum absolute atomic E-state index is 12.4. The number of piperidine rings is 1. The molecule has 0 saturated carbocycles. The van der Waals surface area contributed by atoms with E-state index in [1.807, 2.05) is 25.1 Å². The summed E-state index contributed by atoms with van der Waals surface area (Å²) in [5, 5.41) is 9.11. The van der Waals surface area contributed by atoms with Crippen molar-refractivity contribution in [3.05, 3.63) is 59.2 Å². The van der Waals surface area contributed by atoms with Crippen LogP contribution < -0.4 is 16.4 Å². The van der Waals surface area contributed by atoms with Crippen molar-refractivity contribution in [3.63, 3.8) is 0 Å². The van der Waals surface area contributed by atoms with Gasteiger partial charge in [-0.2, -0.15) is 0 Å². The molecular formula is C22H27N3O3. The number of nitrogens with zero attached hydrogens (tertiary/aromatic N) is 1. The number of hydrogen-bond acceptors (Lipinski definition) is 4. The molecule has 0 aromatic heterocycles. The first-order valence-corrected chi connectivity index (χ1v) is 9.65. The van der Waals surface area contributed by atoms with Crippen molar-refractivity contribution in [3.8, 4) is 0 Å². The van der Waals surface area contributed by atoms with Crippen LogP contribution in [0.1, 0.15) is 59.5 Å². The zero-order chi connectivity index (χ0) is 20.3. The summed E-state index contributed by atoms with van der Waals surface area (Å²) in [6.45, 7) is 3.94. The molecular weight excluding hydrogens is 354 g/mol. The van der Waals surface area contributed by atoms with E-state index in [0.29, 0.717) is 11.3 Å². The van der Waals surface area contributed by atoms with Crippen LogP contribution in [0.5, 0.6) is 0 Å². The van der Waals surface area contributed by atoms with Crippen LogP contribution in [-0.4, -0.2) is 30.1 Å². The van der Waals surface area contributed by atoms with Crippen LogP contribution in [0.15, 0.2) is 42.5 Å². The van der Waals surface area contributed by atoms with Crippen LogP contribution in [0, 0.1) is 0 Å². The minimum absolute atomic E-state index is 0.178. The van der Waals surface area contributed by atoms with Gasteiger partial charge in [-0.25, -0.2) is 4.79 Å². The molecule has 3 rings (SSSR count). The predicted octanol–water partition coefficient (Wildman–Crippen LogP) is 3.33. The van der Waals surface area contributed by atoms with Gasteiger partial charge in [0.1, 0.15) is 0 Å². The number of nitrogens with two attached hydrogens (primary N) is 2. The molecule has 5 N–H and O–H groups in total. The van der Waals surface area contributed by atoms with E-state index in [1.54, 1.807) is 12.1 Å². The summed E-state index contributed by atoms with van der Waals surface area (Å²) in [5.74, 6) is -2.22. The number of nitrogen functional groups attached to an aromatic ring is 1. The molecule has 1 fully saturated rings. The van der Waals surface area contributed by atoms with E-state index in [1.165, 1.54) is 18.6 Å². The lowest BCUT2D eigenvalue weighted by Crippen LogP contribution is -2.32. The number of carbonyl (C=O) groups excluding carboxylic acids is 1. The number of carbonyl (C=O) groups is 2. The molecule has 6 nitrogen and oxygen atoms in total. The normalized spacial score (nSPS) is 16.4. The topological polar surface area (TPSA) is 110 Å². The molecule has 0 aliphatic carbocycles. The predicted molar refractivity (Wildman–Crippen MR) is 111 cm³/mol. The summed E-state index contributed by atoms with van der Waals surface area (Å²) in [4.78, 5) is 25.8. The highest BCUT2D eigenvalue weighted by Gasteiger charge is 2.29. The van der Waals surface area contributed by atoms with Crippen molar-refractivity contribution in [1.29, 1.82) is 0 Å². The molecule has 1 aliphatic heterocycles. The minimum atomic E-state index is -1.00. The maximum atomic E-state index is 12.4. The van der Waals surface area contributed by atoms with Gasteiger partial charge >= 0.3 is 5.97 Å². The molecule has 2 atom stereocenters. The Kier molecular flexibility index (Phi) is 5.87. The summed E-state index contributed by atoms with van der Waals surface area (Å²) >= 11 is 0. The average Bonchev–Trinajstić information content (AvgIpc) is 2.68. The molecule has 1 heterocycles. The van der Waals surface area contributed by atoms with Crippen molar-refractivity contribution in [2.24, 2.45) is 5.73 Å². The summed E-state index contributed by atoms with van der Waals surface area (Å²) in [7, 11) is 0. The molecule has 28 heavy (non-hydrogen) atoms. The molecule has 2 aromatic carbocycles. The minimum Gasteiger partial charge on any atom is -0.478 e. The molecule has 0 bridgehead atoms. The van der Waals surface area contributed by atoms with Gasteiger partial charge in [-0.1, -0.05) is 19.1 Å². The number of carboxylic acids is 1. The fourth-order valence-electron chi connectivity index (χ4n) is 4.07. The second-order valence-electron chi connectivity index (χ2n) is 7.46. The Morgan fingerprint density at radius 1 is 1.04 bits per heavy atom. The quantitative estimate of drug-likeness (QED) is 0.665. The third kappa shape index (κ3) is 4.11. The van der Waals surface area contributed by atoms with Crippen LogP contribution in [0.3, 0.4) is 0 Å². The SMILES string of the molecule is CC(c1cc(N)ccc1N1CCCCC1)C(C(N)=O)c1ccc(C(=O)O)cc1. The Hall–Kier alpha value is -3.02. The van der Waals surface area contributed by atoms with Crippen LogP contribution in [0.4, 0.5) is 11.4 Å². The Bertz CT molecular complexity index is 858. The van der Waals surface area contributed by atoms with E-state index in [2.05, 4.69) is 4.90 Å². The monoisotopic (exact) mass is 381 g/mol. The number of amides is 1. The number of rotatable bonds is 6. The van der Waals surface area contributed by atoms with Gasteiger partial charge in [-0.15, -0.1) is 0 Å². The highest BCUT2D eigenvalue weighted by atomic mass is 16.4. The first-order chi connectivity index (χ1) is 13.4. The van der Waals surface area contributed by atoms with E-state index in [4.69, 9.17) is 16.6 Å². The second kappa shape index (κ2) is 8.33. The van der Waals surface area contributed by atoms with Gasteiger partial charge in [-0.05, 0) is 66.6 Å². The molecule has 2 unspecified atom stereocenters. The van der Waals surface area contributed by atoms with Gasteiger partial charge in [0.25, 0.3) is 0 Å². The summed E-state index contributed by atoms with van der Waals surface area (Å²) < 4.78 is 0. The van der Waals surface area contributed by atoms with Crippen molar-refractivity contribution in [2.75, 3.05) is 23.7 Å². The number of hydrogen-bond donors (Lipinski definition) is 3.